The van der Waals surface area contributed by atoms with E-state index in [1.165, 1.54) is 4.88 Å². The van der Waals surface area contributed by atoms with Gasteiger partial charge < -0.3 is 0 Å². The van der Waals surface area contributed by atoms with E-state index in [0.717, 1.165) is 41.8 Å². The molecule has 7 heteroatoms. The van der Waals surface area contributed by atoms with Gasteiger partial charge in [0, 0.05) is 24.5 Å². The third kappa shape index (κ3) is 5.37. The highest BCUT2D eigenvalue weighted by Gasteiger charge is 2.23. The molecule has 0 bridgehead atoms. The lowest BCUT2D eigenvalue weighted by molar-refractivity contribution is 0.170. The summed E-state index contributed by atoms with van der Waals surface area (Å²) >= 11 is 5.27. The second-order valence-electron chi connectivity index (χ2n) is 6.61. The van der Waals surface area contributed by atoms with E-state index >= 15 is 0 Å². The third-order valence-electron chi connectivity index (χ3n) is 4.50. The van der Waals surface area contributed by atoms with Crippen LogP contribution in [0.3, 0.4) is 0 Å². The molecule has 1 unspecified atom stereocenters. The molecule has 25 heavy (non-hydrogen) atoms. The van der Waals surface area contributed by atoms with Crippen molar-refractivity contribution in [3.8, 4) is 0 Å². The van der Waals surface area contributed by atoms with E-state index in [1.54, 1.807) is 23.5 Å². The number of piperidine rings is 1. The Morgan fingerprint density at radius 1 is 1.24 bits per heavy atom. The summed E-state index contributed by atoms with van der Waals surface area (Å²) in [5, 5.41) is 0. The summed E-state index contributed by atoms with van der Waals surface area (Å²) in [5.74, 6) is 0.359. The Labute approximate surface area is 162 Å². The lowest BCUT2D eigenvalue weighted by Crippen LogP contribution is -2.40. The molecular formula is C18H23BrN2O2S2. The Bertz CT molecular complexity index is 803. The number of hydrogen-bond donors (Lipinski definition) is 1. The van der Waals surface area contributed by atoms with Gasteiger partial charge in [0.25, 0.3) is 0 Å². The molecule has 1 saturated heterocycles. The largest absolute Gasteiger partial charge is 0.298 e. The number of rotatable bonds is 6. The molecule has 1 aliphatic heterocycles. The van der Waals surface area contributed by atoms with Crippen molar-refractivity contribution in [3.63, 3.8) is 0 Å². The van der Waals surface area contributed by atoms with Crippen molar-refractivity contribution in [3.05, 3.63) is 50.6 Å². The van der Waals surface area contributed by atoms with Crippen LogP contribution in [0.1, 0.15) is 23.3 Å². The van der Waals surface area contributed by atoms with Gasteiger partial charge >= 0.3 is 0 Å². The number of sulfonamides is 1. The lowest BCUT2D eigenvalue weighted by atomic mass is 9.98. The van der Waals surface area contributed by atoms with E-state index in [1.807, 2.05) is 19.1 Å². The van der Waals surface area contributed by atoms with E-state index < -0.39 is 10.0 Å². The zero-order chi connectivity index (χ0) is 17.9. The molecular weight excluding hydrogens is 420 g/mol. The molecule has 136 valence electrons. The fraction of sp³-hybridized carbons (Fsp3) is 0.444. The van der Waals surface area contributed by atoms with Crippen LogP contribution in [0, 0.1) is 12.8 Å². The first kappa shape index (κ1) is 19.0. The third-order valence-corrected chi connectivity index (χ3v) is 7.55. The zero-order valence-corrected chi connectivity index (χ0v) is 17.5. The van der Waals surface area contributed by atoms with Gasteiger partial charge in [-0.3, -0.25) is 4.90 Å². The van der Waals surface area contributed by atoms with E-state index in [0.29, 0.717) is 17.4 Å². The van der Waals surface area contributed by atoms with E-state index in [9.17, 15) is 8.42 Å². The van der Waals surface area contributed by atoms with Crippen LogP contribution in [0.4, 0.5) is 0 Å². The van der Waals surface area contributed by atoms with Gasteiger partial charge in [-0.2, -0.15) is 0 Å². The van der Waals surface area contributed by atoms with Crippen LogP contribution in [-0.2, 0) is 16.6 Å². The molecule has 1 atom stereocenters. The second-order valence-corrected chi connectivity index (χ2v) is 10.9. The van der Waals surface area contributed by atoms with Crippen molar-refractivity contribution in [1.82, 2.24) is 9.62 Å². The van der Waals surface area contributed by atoms with Crippen molar-refractivity contribution in [2.45, 2.75) is 31.2 Å². The lowest BCUT2D eigenvalue weighted by Gasteiger charge is -2.32. The quantitative estimate of drug-likeness (QED) is 0.734. The molecule has 0 radical (unpaired) electrons. The van der Waals surface area contributed by atoms with Crippen molar-refractivity contribution >= 4 is 37.3 Å². The number of benzene rings is 1. The maximum absolute atomic E-state index is 12.4. The van der Waals surface area contributed by atoms with Gasteiger partial charge in [0.1, 0.15) is 0 Å². The Hall–Kier alpha value is -0.730. The normalized spacial score (nSPS) is 19.2. The van der Waals surface area contributed by atoms with E-state index in [2.05, 4.69) is 37.7 Å². The minimum Gasteiger partial charge on any atom is -0.298 e. The molecule has 1 aromatic carbocycles. The Balaban J connectivity index is 1.54. The van der Waals surface area contributed by atoms with Gasteiger partial charge in [0.15, 0.2) is 0 Å². The Morgan fingerprint density at radius 2 is 2.00 bits per heavy atom. The molecule has 1 N–H and O–H groups in total. The number of aryl methyl sites for hydroxylation is 1. The van der Waals surface area contributed by atoms with Crippen LogP contribution in [-0.4, -0.2) is 33.0 Å². The molecule has 0 saturated carbocycles. The molecule has 0 amide bonds. The van der Waals surface area contributed by atoms with Crippen molar-refractivity contribution in [1.29, 1.82) is 0 Å². The summed E-state index contributed by atoms with van der Waals surface area (Å²) < 4.78 is 28.8. The SMILES string of the molecule is Cc1ccc(S(=O)(=O)NCC2CCCN(Cc3ccc(Br)s3)C2)cc1. The molecule has 0 aliphatic carbocycles. The van der Waals surface area contributed by atoms with Gasteiger partial charge in [-0.05, 0) is 72.4 Å². The summed E-state index contributed by atoms with van der Waals surface area (Å²) in [5.41, 5.74) is 1.06. The minimum atomic E-state index is -3.42. The maximum atomic E-state index is 12.4. The van der Waals surface area contributed by atoms with Crippen LogP contribution in [0.2, 0.25) is 0 Å². The topological polar surface area (TPSA) is 49.4 Å². The second kappa shape index (κ2) is 8.31. The first-order valence-electron chi connectivity index (χ1n) is 8.45. The zero-order valence-electron chi connectivity index (χ0n) is 14.2. The summed E-state index contributed by atoms with van der Waals surface area (Å²) in [7, 11) is -3.42. The van der Waals surface area contributed by atoms with Crippen molar-refractivity contribution in [2.24, 2.45) is 5.92 Å². The standard InChI is InChI=1S/C18H23BrN2O2S2/c1-14-4-7-17(8-5-14)25(22,23)20-11-15-3-2-10-21(12-15)13-16-6-9-18(19)24-16/h4-9,15,20H,2-3,10-13H2,1H3. The molecule has 4 nitrogen and oxygen atoms in total. The average molecular weight is 443 g/mol. The monoisotopic (exact) mass is 442 g/mol. The number of nitrogens with zero attached hydrogens (tertiary/aromatic N) is 1. The fourth-order valence-electron chi connectivity index (χ4n) is 3.15. The molecule has 1 aromatic heterocycles. The number of nitrogens with one attached hydrogen (secondary N) is 1. The number of hydrogen-bond acceptors (Lipinski definition) is 4. The minimum absolute atomic E-state index is 0.342. The van der Waals surface area contributed by atoms with Crippen LogP contribution in [0.5, 0.6) is 0 Å². The Morgan fingerprint density at radius 3 is 2.68 bits per heavy atom. The summed E-state index contributed by atoms with van der Waals surface area (Å²) in [6.07, 6.45) is 2.19. The molecule has 2 heterocycles. The average Bonchev–Trinajstić information content (AvgIpc) is 2.99. The van der Waals surface area contributed by atoms with Gasteiger partial charge in [0.05, 0.1) is 8.68 Å². The van der Waals surface area contributed by atoms with Crippen LogP contribution >= 0.6 is 27.3 Å². The maximum Gasteiger partial charge on any atom is 0.240 e. The molecule has 2 aromatic rings. The van der Waals surface area contributed by atoms with E-state index in [4.69, 9.17) is 0 Å². The highest BCUT2D eigenvalue weighted by molar-refractivity contribution is 9.11. The molecule has 1 aliphatic rings. The van der Waals surface area contributed by atoms with Gasteiger partial charge in [-0.1, -0.05) is 17.7 Å². The Kier molecular flexibility index (Phi) is 6.33. The highest BCUT2D eigenvalue weighted by Crippen LogP contribution is 2.25. The smallest absolute Gasteiger partial charge is 0.240 e. The molecule has 0 spiro atoms. The summed E-state index contributed by atoms with van der Waals surface area (Å²) in [6.45, 7) is 5.41. The van der Waals surface area contributed by atoms with Crippen molar-refractivity contribution in [2.75, 3.05) is 19.6 Å². The van der Waals surface area contributed by atoms with E-state index in [-0.39, 0.29) is 0 Å². The predicted octanol–water partition coefficient (Wildman–Crippen LogP) is 4.01. The van der Waals surface area contributed by atoms with Crippen LogP contribution < -0.4 is 4.72 Å². The van der Waals surface area contributed by atoms with Crippen LogP contribution in [0.25, 0.3) is 0 Å². The first-order chi connectivity index (χ1) is 11.9. The number of halogens is 1. The molecule has 1 fully saturated rings. The number of likely N-dealkylation sites (tertiary alicyclic amines) is 1. The summed E-state index contributed by atoms with van der Waals surface area (Å²) in [6, 6.07) is 11.2. The molecule has 3 rings (SSSR count). The van der Waals surface area contributed by atoms with Gasteiger partial charge in [-0.15, -0.1) is 11.3 Å². The highest BCUT2D eigenvalue weighted by atomic mass is 79.9. The fourth-order valence-corrected chi connectivity index (χ4v) is 5.79. The van der Waals surface area contributed by atoms with Crippen molar-refractivity contribution < 1.29 is 8.42 Å². The van der Waals surface area contributed by atoms with Gasteiger partial charge in [-0.25, -0.2) is 13.1 Å². The van der Waals surface area contributed by atoms with Crippen LogP contribution in [0.15, 0.2) is 45.1 Å². The number of thiophene rings is 1. The first-order valence-corrected chi connectivity index (χ1v) is 11.5. The van der Waals surface area contributed by atoms with Gasteiger partial charge in [0.2, 0.25) is 10.0 Å². The summed E-state index contributed by atoms with van der Waals surface area (Å²) in [4.78, 5) is 4.11. The predicted molar refractivity (Wildman–Crippen MR) is 106 cm³/mol.